The molecule has 0 aliphatic heterocycles. The fourth-order valence-corrected chi connectivity index (χ4v) is 1.69. The van der Waals surface area contributed by atoms with Gasteiger partial charge in [0.1, 0.15) is 5.82 Å². The van der Waals surface area contributed by atoms with E-state index in [0.717, 1.165) is 5.82 Å². The highest BCUT2D eigenvalue weighted by atomic mass is 16.5. The Morgan fingerprint density at radius 1 is 1.14 bits per heavy atom. The molecule has 0 saturated carbocycles. The minimum absolute atomic E-state index is 0.231. The molecule has 2 aromatic heterocycles. The second-order valence-electron chi connectivity index (χ2n) is 4.77. The number of anilines is 2. The van der Waals surface area contributed by atoms with Crippen LogP contribution >= 0.6 is 0 Å². The smallest absolute Gasteiger partial charge is 0.257 e. The maximum absolute atomic E-state index is 12.1. The highest BCUT2D eigenvalue weighted by molar-refractivity contribution is 6.04. The van der Waals surface area contributed by atoms with Crippen LogP contribution in [0, 0.1) is 0 Å². The lowest BCUT2D eigenvalue weighted by Crippen LogP contribution is -2.14. The van der Waals surface area contributed by atoms with Crippen LogP contribution in [-0.4, -0.2) is 29.0 Å². The molecular formula is C15H18N4O2. The summed E-state index contributed by atoms with van der Waals surface area (Å²) in [5, 5.41) is 5.92. The van der Waals surface area contributed by atoms with Gasteiger partial charge in [0.05, 0.1) is 24.6 Å². The normalized spacial score (nSPS) is 10.3. The first kappa shape index (κ1) is 14.8. The van der Waals surface area contributed by atoms with Crippen molar-refractivity contribution in [1.29, 1.82) is 0 Å². The first-order valence-corrected chi connectivity index (χ1v) is 6.62. The highest BCUT2D eigenvalue weighted by Crippen LogP contribution is 2.13. The fraction of sp³-hybridized carbons (Fsp3) is 0.267. The van der Waals surface area contributed by atoms with Crippen molar-refractivity contribution < 1.29 is 9.53 Å². The number of nitrogens with zero attached hydrogens (tertiary/aromatic N) is 2. The van der Waals surface area contributed by atoms with E-state index in [9.17, 15) is 4.79 Å². The Labute approximate surface area is 123 Å². The van der Waals surface area contributed by atoms with Crippen LogP contribution < -0.4 is 15.4 Å². The van der Waals surface area contributed by atoms with Gasteiger partial charge >= 0.3 is 0 Å². The number of nitrogens with one attached hydrogen (secondary N) is 2. The van der Waals surface area contributed by atoms with E-state index in [0.29, 0.717) is 23.2 Å². The molecule has 6 nitrogen and oxygen atoms in total. The zero-order valence-electron chi connectivity index (χ0n) is 12.3. The van der Waals surface area contributed by atoms with Crippen LogP contribution in [0.3, 0.4) is 0 Å². The number of carbonyl (C=O) groups excluding carboxylic acids is 1. The molecule has 21 heavy (non-hydrogen) atoms. The van der Waals surface area contributed by atoms with Crippen molar-refractivity contribution in [3.8, 4) is 5.88 Å². The van der Waals surface area contributed by atoms with Gasteiger partial charge in [-0.2, -0.15) is 0 Å². The average molecular weight is 286 g/mol. The number of hydrogen-bond donors (Lipinski definition) is 2. The lowest BCUT2D eigenvalue weighted by molar-refractivity contribution is 0.102. The predicted octanol–water partition coefficient (Wildman–Crippen LogP) is 2.56. The summed E-state index contributed by atoms with van der Waals surface area (Å²) in [5.41, 5.74) is 1.09. The Bertz CT molecular complexity index is 594. The molecule has 0 aliphatic rings. The summed E-state index contributed by atoms with van der Waals surface area (Å²) in [7, 11) is 1.54. The van der Waals surface area contributed by atoms with Crippen molar-refractivity contribution in [3.63, 3.8) is 0 Å². The van der Waals surface area contributed by atoms with Gasteiger partial charge in [0.15, 0.2) is 0 Å². The Hall–Kier alpha value is -2.63. The summed E-state index contributed by atoms with van der Waals surface area (Å²) in [5.74, 6) is 1.01. The van der Waals surface area contributed by atoms with Gasteiger partial charge in [0.2, 0.25) is 5.88 Å². The van der Waals surface area contributed by atoms with E-state index >= 15 is 0 Å². The van der Waals surface area contributed by atoms with Gasteiger partial charge < -0.3 is 15.4 Å². The van der Waals surface area contributed by atoms with Crippen LogP contribution in [0.25, 0.3) is 0 Å². The van der Waals surface area contributed by atoms with E-state index in [1.807, 2.05) is 13.8 Å². The SMILES string of the molecule is COc1ccc(NC(=O)c2ccc(NC(C)C)nc2)cn1. The summed E-state index contributed by atoms with van der Waals surface area (Å²) >= 11 is 0. The molecule has 2 heterocycles. The molecule has 2 aromatic rings. The zero-order valence-corrected chi connectivity index (χ0v) is 12.3. The van der Waals surface area contributed by atoms with Crippen LogP contribution in [0.4, 0.5) is 11.5 Å². The number of carbonyl (C=O) groups is 1. The molecule has 0 fully saturated rings. The summed E-state index contributed by atoms with van der Waals surface area (Å²) < 4.78 is 4.96. The number of methoxy groups -OCH3 is 1. The van der Waals surface area contributed by atoms with Crippen molar-refractivity contribution in [2.75, 3.05) is 17.7 Å². The van der Waals surface area contributed by atoms with Crippen LogP contribution in [0.2, 0.25) is 0 Å². The maximum atomic E-state index is 12.1. The van der Waals surface area contributed by atoms with Crippen molar-refractivity contribution in [2.24, 2.45) is 0 Å². The van der Waals surface area contributed by atoms with Gasteiger partial charge in [-0.25, -0.2) is 9.97 Å². The first-order chi connectivity index (χ1) is 10.1. The Balaban J connectivity index is 2.02. The van der Waals surface area contributed by atoms with Crippen molar-refractivity contribution >= 4 is 17.4 Å². The minimum Gasteiger partial charge on any atom is -0.481 e. The topological polar surface area (TPSA) is 76.1 Å². The van der Waals surface area contributed by atoms with E-state index in [4.69, 9.17) is 4.74 Å². The molecule has 0 saturated heterocycles. The van der Waals surface area contributed by atoms with Crippen molar-refractivity contribution in [2.45, 2.75) is 19.9 Å². The van der Waals surface area contributed by atoms with E-state index < -0.39 is 0 Å². The molecule has 2 rings (SSSR count). The van der Waals surface area contributed by atoms with Crippen LogP contribution in [-0.2, 0) is 0 Å². The Morgan fingerprint density at radius 3 is 2.48 bits per heavy atom. The molecule has 0 aromatic carbocycles. The maximum Gasteiger partial charge on any atom is 0.257 e. The monoisotopic (exact) mass is 286 g/mol. The average Bonchev–Trinajstić information content (AvgIpc) is 2.48. The van der Waals surface area contributed by atoms with Gasteiger partial charge in [0.25, 0.3) is 5.91 Å². The van der Waals surface area contributed by atoms with E-state index in [-0.39, 0.29) is 5.91 Å². The summed E-state index contributed by atoms with van der Waals surface area (Å²) in [6.07, 6.45) is 3.08. The lowest BCUT2D eigenvalue weighted by Gasteiger charge is -2.09. The third-order valence-corrected chi connectivity index (χ3v) is 2.67. The molecule has 2 N–H and O–H groups in total. The number of aromatic nitrogens is 2. The number of amides is 1. The van der Waals surface area contributed by atoms with Crippen LogP contribution in [0.5, 0.6) is 5.88 Å². The molecule has 0 atom stereocenters. The zero-order chi connectivity index (χ0) is 15.2. The molecule has 6 heteroatoms. The minimum atomic E-state index is -0.231. The Morgan fingerprint density at radius 2 is 1.95 bits per heavy atom. The van der Waals surface area contributed by atoms with Gasteiger partial charge in [-0.3, -0.25) is 4.79 Å². The fourth-order valence-electron chi connectivity index (χ4n) is 1.69. The predicted molar refractivity (Wildman–Crippen MR) is 81.7 cm³/mol. The molecule has 1 amide bonds. The third-order valence-electron chi connectivity index (χ3n) is 2.67. The molecule has 110 valence electrons. The summed E-state index contributed by atoms with van der Waals surface area (Å²) in [6, 6.07) is 7.21. The van der Waals surface area contributed by atoms with Crippen LogP contribution in [0.15, 0.2) is 36.7 Å². The first-order valence-electron chi connectivity index (χ1n) is 6.62. The Kier molecular flexibility index (Phi) is 4.71. The molecule has 0 aliphatic carbocycles. The van der Waals surface area contributed by atoms with E-state index in [1.165, 1.54) is 6.20 Å². The number of hydrogen-bond acceptors (Lipinski definition) is 5. The van der Waals surface area contributed by atoms with Crippen molar-refractivity contribution in [1.82, 2.24) is 9.97 Å². The molecule has 0 radical (unpaired) electrons. The number of rotatable bonds is 5. The number of ether oxygens (including phenoxy) is 1. The largest absolute Gasteiger partial charge is 0.481 e. The van der Waals surface area contributed by atoms with E-state index in [2.05, 4.69) is 20.6 Å². The van der Waals surface area contributed by atoms with E-state index in [1.54, 1.807) is 37.6 Å². The van der Waals surface area contributed by atoms with Crippen LogP contribution in [0.1, 0.15) is 24.2 Å². The van der Waals surface area contributed by atoms with Gasteiger partial charge in [0, 0.05) is 18.3 Å². The summed E-state index contributed by atoms with van der Waals surface area (Å²) in [6.45, 7) is 4.05. The third kappa shape index (κ3) is 4.17. The second-order valence-corrected chi connectivity index (χ2v) is 4.77. The number of pyridine rings is 2. The quantitative estimate of drug-likeness (QED) is 0.883. The summed E-state index contributed by atoms with van der Waals surface area (Å²) in [4.78, 5) is 20.3. The molecular weight excluding hydrogens is 268 g/mol. The lowest BCUT2D eigenvalue weighted by atomic mass is 10.2. The van der Waals surface area contributed by atoms with Gasteiger partial charge in [-0.1, -0.05) is 0 Å². The standard InChI is InChI=1S/C15H18N4O2/c1-10(2)18-13-6-4-11(8-16-13)15(20)19-12-5-7-14(21-3)17-9-12/h4-10H,1-3H3,(H,16,18)(H,19,20). The highest BCUT2D eigenvalue weighted by Gasteiger charge is 2.07. The van der Waals surface area contributed by atoms with Gasteiger partial charge in [-0.15, -0.1) is 0 Å². The second kappa shape index (κ2) is 6.69. The van der Waals surface area contributed by atoms with Gasteiger partial charge in [-0.05, 0) is 32.0 Å². The van der Waals surface area contributed by atoms with Crippen molar-refractivity contribution in [3.05, 3.63) is 42.2 Å². The molecule has 0 bridgehead atoms. The molecule has 0 spiro atoms. The molecule has 0 unspecified atom stereocenters.